The van der Waals surface area contributed by atoms with Crippen LogP contribution in [0.3, 0.4) is 0 Å². The van der Waals surface area contributed by atoms with Crippen molar-refractivity contribution in [2.24, 2.45) is 0 Å². The Morgan fingerprint density at radius 3 is 1.56 bits per heavy atom. The van der Waals surface area contributed by atoms with Gasteiger partial charge in [0.15, 0.2) is 0 Å². The molecule has 0 saturated carbocycles. The van der Waals surface area contributed by atoms with E-state index in [0.717, 1.165) is 6.42 Å². The van der Waals surface area contributed by atoms with Gasteiger partial charge in [0.1, 0.15) is 0 Å². The first kappa shape index (κ1) is 17.7. The summed E-state index contributed by atoms with van der Waals surface area (Å²) in [5, 5.41) is 8.61. The molecule has 0 spiro atoms. The van der Waals surface area contributed by atoms with Crippen LogP contribution in [-0.2, 0) is 0 Å². The predicted octanol–water partition coefficient (Wildman–Crippen LogP) is 5.63. The highest BCUT2D eigenvalue weighted by molar-refractivity contribution is 4.80. The lowest BCUT2D eigenvalue weighted by Gasteiger charge is -2.01. The Morgan fingerprint density at radius 2 is 1.06 bits per heavy atom. The van der Waals surface area contributed by atoms with E-state index in [-0.39, 0.29) is 6.61 Å². The van der Waals surface area contributed by atoms with E-state index in [1.165, 1.54) is 77.0 Å². The highest BCUT2D eigenvalue weighted by Crippen LogP contribution is 2.11. The average Bonchev–Trinajstić information content (AvgIpc) is 2.39. The van der Waals surface area contributed by atoms with Gasteiger partial charge in [-0.2, -0.15) is 0 Å². The zero-order chi connectivity index (χ0) is 13.3. The first-order valence-electron chi connectivity index (χ1n) is 8.17. The lowest BCUT2D eigenvalue weighted by Crippen LogP contribution is -1.82. The number of unbranched alkanes of at least 4 members (excludes halogenated alkanes) is 11. The van der Waals surface area contributed by atoms with Crippen LogP contribution in [0.15, 0.2) is 12.2 Å². The molecule has 18 heavy (non-hydrogen) atoms. The molecule has 0 saturated heterocycles. The standard InChI is InChI=1S/C17H34O/c1-2-3-4-5-6-7-8-9-10-11-12-13-14-15-16-17-18/h14-15,18H,2-13,16-17H2,1H3/b15-14+. The zero-order valence-corrected chi connectivity index (χ0v) is 12.5. The van der Waals surface area contributed by atoms with Gasteiger partial charge in [0.2, 0.25) is 0 Å². The molecule has 0 unspecified atom stereocenters. The fraction of sp³-hybridized carbons (Fsp3) is 0.882. The average molecular weight is 254 g/mol. The topological polar surface area (TPSA) is 20.2 Å². The van der Waals surface area contributed by atoms with Crippen molar-refractivity contribution >= 4 is 0 Å². The van der Waals surface area contributed by atoms with Crippen molar-refractivity contribution in [3.63, 3.8) is 0 Å². The predicted molar refractivity (Wildman–Crippen MR) is 81.9 cm³/mol. The summed E-state index contributed by atoms with van der Waals surface area (Å²) in [5.74, 6) is 0. The summed E-state index contributed by atoms with van der Waals surface area (Å²) in [6, 6.07) is 0. The normalized spacial score (nSPS) is 11.4. The molecule has 1 nitrogen and oxygen atoms in total. The minimum atomic E-state index is 0.286. The van der Waals surface area contributed by atoms with E-state index in [1.54, 1.807) is 0 Å². The molecule has 0 aromatic heterocycles. The van der Waals surface area contributed by atoms with Gasteiger partial charge in [0.25, 0.3) is 0 Å². The maximum Gasteiger partial charge on any atom is 0.0465 e. The first-order chi connectivity index (χ1) is 8.91. The van der Waals surface area contributed by atoms with Crippen molar-refractivity contribution in [2.45, 2.75) is 90.4 Å². The SMILES string of the molecule is CCCCCCCCCCCCC/C=C/CCO. The Kier molecular flexibility index (Phi) is 16.4. The van der Waals surface area contributed by atoms with Crippen molar-refractivity contribution in [3.8, 4) is 0 Å². The zero-order valence-electron chi connectivity index (χ0n) is 12.5. The molecule has 0 radical (unpaired) electrons. The number of hydrogen-bond donors (Lipinski definition) is 1. The second kappa shape index (κ2) is 16.7. The van der Waals surface area contributed by atoms with Gasteiger partial charge in [0.05, 0.1) is 0 Å². The van der Waals surface area contributed by atoms with Gasteiger partial charge >= 0.3 is 0 Å². The van der Waals surface area contributed by atoms with Gasteiger partial charge in [0, 0.05) is 6.61 Å². The van der Waals surface area contributed by atoms with E-state index in [4.69, 9.17) is 5.11 Å². The summed E-state index contributed by atoms with van der Waals surface area (Å²) in [4.78, 5) is 0. The molecule has 0 aliphatic heterocycles. The fourth-order valence-electron chi connectivity index (χ4n) is 2.24. The lowest BCUT2D eigenvalue weighted by atomic mass is 10.1. The van der Waals surface area contributed by atoms with E-state index in [2.05, 4.69) is 19.1 Å². The summed E-state index contributed by atoms with van der Waals surface area (Å²) in [6.07, 6.45) is 21.8. The number of aliphatic hydroxyl groups excluding tert-OH is 1. The minimum Gasteiger partial charge on any atom is -0.396 e. The molecule has 0 aliphatic rings. The molecule has 0 rings (SSSR count). The summed E-state index contributed by atoms with van der Waals surface area (Å²) >= 11 is 0. The third-order valence-corrected chi connectivity index (χ3v) is 3.44. The van der Waals surface area contributed by atoms with E-state index >= 15 is 0 Å². The summed E-state index contributed by atoms with van der Waals surface area (Å²) in [6.45, 7) is 2.56. The Hall–Kier alpha value is -0.300. The lowest BCUT2D eigenvalue weighted by molar-refractivity contribution is 0.302. The molecule has 1 heteroatoms. The molecule has 0 aromatic carbocycles. The van der Waals surface area contributed by atoms with Gasteiger partial charge in [-0.1, -0.05) is 83.3 Å². The van der Waals surface area contributed by atoms with Crippen molar-refractivity contribution in [1.29, 1.82) is 0 Å². The molecule has 0 aromatic rings. The van der Waals surface area contributed by atoms with Crippen LogP contribution >= 0.6 is 0 Å². The first-order valence-corrected chi connectivity index (χ1v) is 8.17. The monoisotopic (exact) mass is 254 g/mol. The van der Waals surface area contributed by atoms with Gasteiger partial charge in [-0.3, -0.25) is 0 Å². The highest BCUT2D eigenvalue weighted by Gasteiger charge is 1.92. The van der Waals surface area contributed by atoms with Crippen molar-refractivity contribution in [3.05, 3.63) is 12.2 Å². The van der Waals surface area contributed by atoms with Crippen molar-refractivity contribution in [2.75, 3.05) is 6.61 Å². The smallest absolute Gasteiger partial charge is 0.0465 e. The van der Waals surface area contributed by atoms with Crippen LogP contribution in [0, 0.1) is 0 Å². The number of aliphatic hydroxyl groups is 1. The molecular weight excluding hydrogens is 220 g/mol. The van der Waals surface area contributed by atoms with Gasteiger partial charge in [-0.25, -0.2) is 0 Å². The van der Waals surface area contributed by atoms with E-state index in [1.807, 2.05) is 0 Å². The molecule has 0 amide bonds. The highest BCUT2D eigenvalue weighted by atomic mass is 16.2. The molecule has 0 fully saturated rings. The molecule has 0 atom stereocenters. The van der Waals surface area contributed by atoms with Crippen LogP contribution in [-0.4, -0.2) is 11.7 Å². The van der Waals surface area contributed by atoms with E-state index in [0.29, 0.717) is 0 Å². The van der Waals surface area contributed by atoms with Gasteiger partial charge < -0.3 is 5.11 Å². The number of rotatable bonds is 14. The fourth-order valence-corrected chi connectivity index (χ4v) is 2.24. The van der Waals surface area contributed by atoms with Crippen LogP contribution in [0.5, 0.6) is 0 Å². The van der Waals surface area contributed by atoms with Crippen molar-refractivity contribution in [1.82, 2.24) is 0 Å². The Balaban J connectivity index is 2.94. The molecule has 108 valence electrons. The van der Waals surface area contributed by atoms with Crippen molar-refractivity contribution < 1.29 is 5.11 Å². The van der Waals surface area contributed by atoms with E-state index in [9.17, 15) is 0 Å². The third-order valence-electron chi connectivity index (χ3n) is 3.44. The van der Waals surface area contributed by atoms with Crippen LogP contribution in [0.2, 0.25) is 0 Å². The quantitative estimate of drug-likeness (QED) is 0.315. The Bertz CT molecular complexity index is 163. The summed E-state index contributed by atoms with van der Waals surface area (Å²) in [7, 11) is 0. The largest absolute Gasteiger partial charge is 0.396 e. The molecule has 0 aliphatic carbocycles. The van der Waals surface area contributed by atoms with Crippen LogP contribution in [0.25, 0.3) is 0 Å². The van der Waals surface area contributed by atoms with Gasteiger partial charge in [-0.15, -0.1) is 0 Å². The van der Waals surface area contributed by atoms with Crippen LogP contribution in [0.4, 0.5) is 0 Å². The molecule has 0 bridgehead atoms. The van der Waals surface area contributed by atoms with Gasteiger partial charge in [-0.05, 0) is 19.3 Å². The second-order valence-electron chi connectivity index (χ2n) is 5.31. The maximum absolute atomic E-state index is 8.61. The van der Waals surface area contributed by atoms with Crippen LogP contribution in [0.1, 0.15) is 90.4 Å². The number of allylic oxidation sites excluding steroid dienone is 1. The maximum atomic E-state index is 8.61. The summed E-state index contributed by atoms with van der Waals surface area (Å²) < 4.78 is 0. The second-order valence-corrected chi connectivity index (χ2v) is 5.31. The Labute approximate surface area is 115 Å². The minimum absolute atomic E-state index is 0.286. The third kappa shape index (κ3) is 15.7. The van der Waals surface area contributed by atoms with E-state index < -0.39 is 0 Å². The molecular formula is C17H34O. The molecule has 0 heterocycles. The van der Waals surface area contributed by atoms with Crippen LogP contribution < -0.4 is 0 Å². The summed E-state index contributed by atoms with van der Waals surface area (Å²) in [5.41, 5.74) is 0. The molecule has 1 N–H and O–H groups in total. The number of hydrogen-bond acceptors (Lipinski definition) is 1. The Morgan fingerprint density at radius 1 is 0.611 bits per heavy atom.